The Kier molecular flexibility index (Phi) is 9.24. The van der Waals surface area contributed by atoms with Gasteiger partial charge in [0, 0.05) is 32.2 Å². The molecule has 140 valence electrons. The van der Waals surface area contributed by atoms with Crippen LogP contribution in [0.25, 0.3) is 0 Å². The second-order valence-corrected chi connectivity index (χ2v) is 6.63. The van der Waals surface area contributed by atoms with E-state index in [0.717, 1.165) is 24.0 Å². The Morgan fingerprint density at radius 3 is 2.48 bits per heavy atom. The lowest BCUT2D eigenvalue weighted by molar-refractivity contribution is 0.0827. The summed E-state index contributed by atoms with van der Waals surface area (Å²) in [6.07, 6.45) is 3.78. The molecule has 1 fully saturated rings. The van der Waals surface area contributed by atoms with Crippen LogP contribution in [0.4, 0.5) is 0 Å². The molecular formula is C19H31IN4O. The lowest BCUT2D eigenvalue weighted by Crippen LogP contribution is -2.39. The van der Waals surface area contributed by atoms with Crippen LogP contribution in [-0.2, 0) is 6.54 Å². The Morgan fingerprint density at radius 1 is 1.24 bits per heavy atom. The predicted molar refractivity (Wildman–Crippen MR) is 115 cm³/mol. The number of carbonyl (C=O) groups is 1. The minimum absolute atomic E-state index is 0. The number of carbonyl (C=O) groups excluding carboxylic acids is 1. The Morgan fingerprint density at radius 2 is 1.92 bits per heavy atom. The van der Waals surface area contributed by atoms with Crippen LogP contribution in [-0.4, -0.2) is 43.4 Å². The molecule has 1 aliphatic rings. The van der Waals surface area contributed by atoms with E-state index in [1.165, 1.54) is 19.3 Å². The first kappa shape index (κ1) is 21.7. The van der Waals surface area contributed by atoms with Crippen molar-refractivity contribution in [3.8, 4) is 0 Å². The van der Waals surface area contributed by atoms with E-state index in [4.69, 9.17) is 0 Å². The van der Waals surface area contributed by atoms with Gasteiger partial charge in [-0.3, -0.25) is 4.79 Å². The Labute approximate surface area is 168 Å². The molecule has 0 aliphatic heterocycles. The van der Waals surface area contributed by atoms with Crippen LogP contribution < -0.4 is 10.6 Å². The second kappa shape index (κ2) is 10.6. The highest BCUT2D eigenvalue weighted by molar-refractivity contribution is 14.0. The summed E-state index contributed by atoms with van der Waals surface area (Å²) in [4.78, 5) is 18.2. The number of benzene rings is 1. The summed E-state index contributed by atoms with van der Waals surface area (Å²) in [5, 5.41) is 6.83. The van der Waals surface area contributed by atoms with Crippen LogP contribution in [0.5, 0.6) is 0 Å². The third kappa shape index (κ3) is 6.84. The van der Waals surface area contributed by atoms with E-state index < -0.39 is 0 Å². The topological polar surface area (TPSA) is 56.7 Å². The fourth-order valence-electron chi connectivity index (χ4n) is 2.79. The first-order chi connectivity index (χ1) is 11.5. The molecule has 1 aromatic rings. The molecule has 0 saturated heterocycles. The number of rotatable bonds is 7. The van der Waals surface area contributed by atoms with Gasteiger partial charge in [0.05, 0.1) is 6.54 Å². The summed E-state index contributed by atoms with van der Waals surface area (Å²) >= 11 is 0. The molecular weight excluding hydrogens is 427 g/mol. The van der Waals surface area contributed by atoms with Crippen LogP contribution in [0, 0.1) is 5.92 Å². The number of amides is 1. The van der Waals surface area contributed by atoms with Crippen molar-refractivity contribution in [2.45, 2.75) is 45.7 Å². The first-order valence-electron chi connectivity index (χ1n) is 8.90. The number of aliphatic imine (C=N–C) groups is 1. The molecule has 0 heterocycles. The van der Waals surface area contributed by atoms with Gasteiger partial charge in [0.1, 0.15) is 0 Å². The van der Waals surface area contributed by atoms with Gasteiger partial charge in [-0.2, -0.15) is 0 Å². The highest BCUT2D eigenvalue weighted by Crippen LogP contribution is 2.34. The van der Waals surface area contributed by atoms with Gasteiger partial charge in [0.15, 0.2) is 5.96 Å². The minimum Gasteiger partial charge on any atom is -0.357 e. The van der Waals surface area contributed by atoms with Gasteiger partial charge in [-0.1, -0.05) is 25.5 Å². The summed E-state index contributed by atoms with van der Waals surface area (Å²) in [5.74, 6) is 1.71. The van der Waals surface area contributed by atoms with Crippen LogP contribution >= 0.6 is 24.0 Å². The zero-order valence-electron chi connectivity index (χ0n) is 15.7. The van der Waals surface area contributed by atoms with Crippen molar-refractivity contribution in [2.75, 3.05) is 20.6 Å². The van der Waals surface area contributed by atoms with Gasteiger partial charge >= 0.3 is 0 Å². The summed E-state index contributed by atoms with van der Waals surface area (Å²) in [6.45, 7) is 5.78. The van der Waals surface area contributed by atoms with Crippen LogP contribution in [0.15, 0.2) is 29.3 Å². The summed E-state index contributed by atoms with van der Waals surface area (Å²) in [5.41, 5.74) is 1.81. The van der Waals surface area contributed by atoms with Crippen molar-refractivity contribution in [2.24, 2.45) is 10.9 Å². The number of nitrogens with zero attached hydrogens (tertiary/aromatic N) is 2. The summed E-state index contributed by atoms with van der Waals surface area (Å²) in [7, 11) is 3.52. The molecule has 1 aliphatic carbocycles. The fourth-order valence-corrected chi connectivity index (χ4v) is 2.79. The maximum atomic E-state index is 11.9. The Hall–Kier alpha value is -1.31. The van der Waals surface area contributed by atoms with Gasteiger partial charge in [-0.25, -0.2) is 4.99 Å². The third-order valence-electron chi connectivity index (χ3n) is 4.28. The molecule has 1 amide bonds. The average molecular weight is 458 g/mol. The zero-order valence-corrected chi connectivity index (χ0v) is 18.0. The maximum Gasteiger partial charge on any atom is 0.253 e. The molecule has 2 atom stereocenters. The third-order valence-corrected chi connectivity index (χ3v) is 4.28. The first-order valence-corrected chi connectivity index (χ1v) is 8.90. The largest absolute Gasteiger partial charge is 0.357 e. The normalized spacial score (nSPS) is 19.0. The van der Waals surface area contributed by atoms with E-state index >= 15 is 0 Å². The second-order valence-electron chi connectivity index (χ2n) is 6.63. The SMILES string of the molecule is CCCC1CC1NC(=NCc1ccc(C(=O)N(C)C)cc1)NCC.I. The van der Waals surface area contributed by atoms with E-state index in [-0.39, 0.29) is 29.9 Å². The number of halogens is 1. The van der Waals surface area contributed by atoms with Gasteiger partial charge < -0.3 is 15.5 Å². The van der Waals surface area contributed by atoms with Crippen molar-refractivity contribution in [1.82, 2.24) is 15.5 Å². The molecule has 1 aromatic carbocycles. The number of nitrogens with one attached hydrogen (secondary N) is 2. The molecule has 2 unspecified atom stereocenters. The standard InChI is InChI=1S/C19H30N4O.HI/c1-5-7-16-12-17(16)22-19(20-6-2)21-13-14-8-10-15(11-9-14)18(24)23(3)4;/h8-11,16-17H,5-7,12-13H2,1-4H3,(H2,20,21,22);1H. The quantitative estimate of drug-likeness (QED) is 0.375. The van der Waals surface area contributed by atoms with Crippen LogP contribution in [0.2, 0.25) is 0 Å². The molecule has 0 spiro atoms. The van der Waals surface area contributed by atoms with E-state index in [1.54, 1.807) is 19.0 Å². The van der Waals surface area contributed by atoms with Crippen molar-refractivity contribution >= 4 is 35.8 Å². The van der Waals surface area contributed by atoms with E-state index in [1.807, 2.05) is 24.3 Å². The molecule has 0 aromatic heterocycles. The van der Waals surface area contributed by atoms with Gasteiger partial charge in [0.25, 0.3) is 5.91 Å². The number of guanidine groups is 1. The van der Waals surface area contributed by atoms with Gasteiger partial charge in [0.2, 0.25) is 0 Å². The molecule has 2 rings (SSSR count). The lowest BCUT2D eigenvalue weighted by atomic mass is 10.1. The fraction of sp³-hybridized carbons (Fsp3) is 0.579. The van der Waals surface area contributed by atoms with Crippen molar-refractivity contribution in [3.05, 3.63) is 35.4 Å². The Bertz CT molecular complexity index is 571. The average Bonchev–Trinajstić information content (AvgIpc) is 3.30. The van der Waals surface area contributed by atoms with E-state index in [0.29, 0.717) is 18.2 Å². The monoisotopic (exact) mass is 458 g/mol. The van der Waals surface area contributed by atoms with Gasteiger partial charge in [-0.05, 0) is 43.4 Å². The minimum atomic E-state index is 0. The molecule has 25 heavy (non-hydrogen) atoms. The highest BCUT2D eigenvalue weighted by Gasteiger charge is 2.36. The molecule has 2 N–H and O–H groups in total. The molecule has 5 nitrogen and oxygen atoms in total. The molecule has 1 saturated carbocycles. The summed E-state index contributed by atoms with van der Waals surface area (Å²) in [6, 6.07) is 8.25. The smallest absolute Gasteiger partial charge is 0.253 e. The predicted octanol–water partition coefficient (Wildman–Crippen LogP) is 3.25. The Balaban J connectivity index is 0.00000312. The molecule has 6 heteroatoms. The maximum absolute atomic E-state index is 11.9. The molecule has 0 radical (unpaired) electrons. The van der Waals surface area contributed by atoms with Crippen molar-refractivity contribution in [3.63, 3.8) is 0 Å². The van der Waals surface area contributed by atoms with E-state index in [2.05, 4.69) is 29.5 Å². The van der Waals surface area contributed by atoms with Crippen LogP contribution in [0.3, 0.4) is 0 Å². The number of hydrogen-bond acceptors (Lipinski definition) is 2. The summed E-state index contributed by atoms with van der Waals surface area (Å²) < 4.78 is 0. The van der Waals surface area contributed by atoms with E-state index in [9.17, 15) is 4.79 Å². The van der Waals surface area contributed by atoms with Gasteiger partial charge in [-0.15, -0.1) is 24.0 Å². The number of hydrogen-bond donors (Lipinski definition) is 2. The van der Waals surface area contributed by atoms with Crippen LogP contribution in [0.1, 0.15) is 49.0 Å². The van der Waals surface area contributed by atoms with Crippen molar-refractivity contribution < 1.29 is 4.79 Å². The highest BCUT2D eigenvalue weighted by atomic mass is 127. The lowest BCUT2D eigenvalue weighted by Gasteiger charge is -2.12. The zero-order chi connectivity index (χ0) is 17.5. The van der Waals surface area contributed by atoms with Crippen molar-refractivity contribution in [1.29, 1.82) is 0 Å². The molecule has 0 bridgehead atoms.